The SMILES string of the molecule is Cc1ccc(N2CCOCC2)cc1NC(=O)c1ccc(F)c(F)c1. The van der Waals surface area contributed by atoms with E-state index in [1.165, 1.54) is 6.07 Å². The zero-order valence-electron chi connectivity index (χ0n) is 13.3. The molecule has 3 rings (SSSR count). The molecule has 0 saturated carbocycles. The number of hydrogen-bond donors (Lipinski definition) is 1. The average Bonchev–Trinajstić information content (AvgIpc) is 2.60. The smallest absolute Gasteiger partial charge is 0.255 e. The Morgan fingerprint density at radius 1 is 1.08 bits per heavy atom. The predicted octanol–water partition coefficient (Wildman–Crippen LogP) is 3.36. The number of ether oxygens (including phenoxy) is 1. The second-order valence-electron chi connectivity index (χ2n) is 5.68. The summed E-state index contributed by atoms with van der Waals surface area (Å²) in [7, 11) is 0. The van der Waals surface area contributed by atoms with Gasteiger partial charge < -0.3 is 15.0 Å². The van der Waals surface area contributed by atoms with Crippen molar-refractivity contribution in [3.05, 3.63) is 59.2 Å². The summed E-state index contributed by atoms with van der Waals surface area (Å²) in [6.07, 6.45) is 0. The van der Waals surface area contributed by atoms with Gasteiger partial charge in [-0.3, -0.25) is 4.79 Å². The van der Waals surface area contributed by atoms with Gasteiger partial charge in [-0.15, -0.1) is 0 Å². The fourth-order valence-electron chi connectivity index (χ4n) is 2.59. The van der Waals surface area contributed by atoms with Crippen molar-refractivity contribution in [2.24, 2.45) is 0 Å². The molecule has 1 aliphatic rings. The van der Waals surface area contributed by atoms with Gasteiger partial charge in [0.05, 0.1) is 13.2 Å². The third-order valence-corrected chi connectivity index (χ3v) is 4.03. The lowest BCUT2D eigenvalue weighted by Gasteiger charge is -2.29. The Kier molecular flexibility index (Phi) is 4.76. The molecule has 1 N–H and O–H groups in total. The number of amides is 1. The lowest BCUT2D eigenvalue weighted by molar-refractivity contribution is 0.102. The quantitative estimate of drug-likeness (QED) is 0.937. The molecule has 0 bridgehead atoms. The molecule has 0 atom stereocenters. The van der Waals surface area contributed by atoms with Gasteiger partial charge in [-0.25, -0.2) is 8.78 Å². The van der Waals surface area contributed by atoms with Gasteiger partial charge >= 0.3 is 0 Å². The lowest BCUT2D eigenvalue weighted by Crippen LogP contribution is -2.36. The standard InChI is InChI=1S/C18H18F2N2O2/c1-12-2-4-14(22-6-8-24-9-7-22)11-17(12)21-18(23)13-3-5-15(19)16(20)10-13/h2-5,10-11H,6-9H2,1H3,(H,21,23). The molecule has 0 unspecified atom stereocenters. The highest BCUT2D eigenvalue weighted by molar-refractivity contribution is 6.04. The van der Waals surface area contributed by atoms with E-state index in [-0.39, 0.29) is 5.56 Å². The summed E-state index contributed by atoms with van der Waals surface area (Å²) in [5, 5.41) is 2.77. The van der Waals surface area contributed by atoms with Crippen LogP contribution in [0.2, 0.25) is 0 Å². The van der Waals surface area contributed by atoms with Crippen LogP contribution in [0.3, 0.4) is 0 Å². The largest absolute Gasteiger partial charge is 0.378 e. The first-order valence-electron chi connectivity index (χ1n) is 7.74. The van der Waals surface area contributed by atoms with E-state index < -0.39 is 17.5 Å². The number of aryl methyl sites for hydroxylation is 1. The molecule has 1 heterocycles. The van der Waals surface area contributed by atoms with Crippen LogP contribution in [0.5, 0.6) is 0 Å². The summed E-state index contributed by atoms with van der Waals surface area (Å²) in [6.45, 7) is 4.80. The number of halogens is 2. The van der Waals surface area contributed by atoms with Crippen molar-refractivity contribution in [2.75, 3.05) is 36.5 Å². The van der Waals surface area contributed by atoms with Crippen molar-refractivity contribution in [2.45, 2.75) is 6.92 Å². The molecular weight excluding hydrogens is 314 g/mol. The van der Waals surface area contributed by atoms with Crippen molar-refractivity contribution in [1.29, 1.82) is 0 Å². The third-order valence-electron chi connectivity index (χ3n) is 4.03. The highest BCUT2D eigenvalue weighted by atomic mass is 19.2. The number of nitrogens with one attached hydrogen (secondary N) is 1. The number of anilines is 2. The molecule has 2 aromatic carbocycles. The van der Waals surface area contributed by atoms with Crippen molar-refractivity contribution in [1.82, 2.24) is 0 Å². The van der Waals surface area contributed by atoms with Crippen molar-refractivity contribution < 1.29 is 18.3 Å². The second kappa shape index (κ2) is 6.97. The van der Waals surface area contributed by atoms with Gasteiger partial charge in [0.1, 0.15) is 0 Å². The van der Waals surface area contributed by atoms with E-state index in [9.17, 15) is 13.6 Å². The molecule has 24 heavy (non-hydrogen) atoms. The Morgan fingerprint density at radius 3 is 2.54 bits per heavy atom. The van der Waals surface area contributed by atoms with Gasteiger partial charge in [-0.1, -0.05) is 6.07 Å². The van der Waals surface area contributed by atoms with Gasteiger partial charge in [0.25, 0.3) is 5.91 Å². The molecule has 126 valence electrons. The van der Waals surface area contributed by atoms with Crippen molar-refractivity contribution in [3.8, 4) is 0 Å². The van der Waals surface area contributed by atoms with Crippen LogP contribution < -0.4 is 10.2 Å². The minimum absolute atomic E-state index is 0.0741. The fraction of sp³-hybridized carbons (Fsp3) is 0.278. The molecule has 1 fully saturated rings. The third kappa shape index (κ3) is 3.54. The van der Waals surface area contributed by atoms with E-state index in [2.05, 4.69) is 10.2 Å². The summed E-state index contributed by atoms with van der Waals surface area (Å²) >= 11 is 0. The monoisotopic (exact) mass is 332 g/mol. The van der Waals surface area contributed by atoms with Crippen LogP contribution in [-0.4, -0.2) is 32.2 Å². The fourth-order valence-corrected chi connectivity index (χ4v) is 2.59. The first-order chi connectivity index (χ1) is 11.5. The Balaban J connectivity index is 1.80. The van der Waals surface area contributed by atoms with Crippen molar-refractivity contribution >= 4 is 17.3 Å². The van der Waals surface area contributed by atoms with E-state index in [4.69, 9.17) is 4.74 Å². The number of carbonyl (C=O) groups is 1. The van der Waals surface area contributed by atoms with Crippen LogP contribution >= 0.6 is 0 Å². The van der Waals surface area contributed by atoms with Gasteiger partial charge in [0.2, 0.25) is 0 Å². The molecular formula is C18H18F2N2O2. The normalized spacial score (nSPS) is 14.5. The van der Waals surface area contributed by atoms with Crippen molar-refractivity contribution in [3.63, 3.8) is 0 Å². The zero-order valence-corrected chi connectivity index (χ0v) is 13.3. The average molecular weight is 332 g/mol. The number of nitrogens with zero attached hydrogens (tertiary/aromatic N) is 1. The number of carbonyl (C=O) groups excluding carboxylic acids is 1. The molecule has 0 radical (unpaired) electrons. The van der Waals surface area contributed by atoms with Crippen LogP contribution in [0.1, 0.15) is 15.9 Å². The maximum Gasteiger partial charge on any atom is 0.255 e. The number of rotatable bonds is 3. The maximum atomic E-state index is 13.3. The van der Waals surface area contributed by atoms with Crippen LogP contribution in [0, 0.1) is 18.6 Å². The number of benzene rings is 2. The molecule has 1 amide bonds. The first kappa shape index (κ1) is 16.4. The minimum atomic E-state index is -1.04. The topological polar surface area (TPSA) is 41.6 Å². The summed E-state index contributed by atoms with van der Waals surface area (Å²) < 4.78 is 31.6. The summed E-state index contributed by atoms with van der Waals surface area (Å²) in [6, 6.07) is 8.90. The minimum Gasteiger partial charge on any atom is -0.378 e. The van der Waals surface area contributed by atoms with E-state index in [1.54, 1.807) is 0 Å². The summed E-state index contributed by atoms with van der Waals surface area (Å²) in [5.41, 5.74) is 2.60. The zero-order chi connectivity index (χ0) is 17.1. The van der Waals surface area contributed by atoms with E-state index in [1.807, 2.05) is 25.1 Å². The maximum absolute atomic E-state index is 13.3. The van der Waals surface area contributed by atoms with Crippen LogP contribution in [0.25, 0.3) is 0 Å². The lowest BCUT2D eigenvalue weighted by atomic mass is 10.1. The van der Waals surface area contributed by atoms with Gasteiger partial charge in [0, 0.05) is 30.0 Å². The Bertz CT molecular complexity index is 759. The Morgan fingerprint density at radius 2 is 1.83 bits per heavy atom. The van der Waals surface area contributed by atoms with Crippen LogP contribution in [0.4, 0.5) is 20.2 Å². The molecule has 0 aliphatic carbocycles. The molecule has 1 saturated heterocycles. The molecule has 0 aromatic heterocycles. The van der Waals surface area contributed by atoms with Crippen LogP contribution in [-0.2, 0) is 4.74 Å². The summed E-state index contributed by atoms with van der Waals surface area (Å²) in [5.74, 6) is -2.49. The molecule has 4 nitrogen and oxygen atoms in total. The van der Waals surface area contributed by atoms with Gasteiger partial charge in [0.15, 0.2) is 11.6 Å². The summed E-state index contributed by atoms with van der Waals surface area (Å²) in [4.78, 5) is 14.5. The van der Waals surface area contributed by atoms with Gasteiger partial charge in [-0.05, 0) is 42.8 Å². The van der Waals surface area contributed by atoms with Crippen LogP contribution in [0.15, 0.2) is 36.4 Å². The van der Waals surface area contributed by atoms with E-state index >= 15 is 0 Å². The van der Waals surface area contributed by atoms with E-state index in [0.717, 1.165) is 36.5 Å². The highest BCUT2D eigenvalue weighted by Gasteiger charge is 2.15. The first-order valence-corrected chi connectivity index (χ1v) is 7.74. The Labute approximate surface area is 139 Å². The molecule has 6 heteroatoms. The highest BCUT2D eigenvalue weighted by Crippen LogP contribution is 2.24. The second-order valence-corrected chi connectivity index (χ2v) is 5.68. The predicted molar refractivity (Wildman–Crippen MR) is 88.5 cm³/mol. The van der Waals surface area contributed by atoms with Gasteiger partial charge in [-0.2, -0.15) is 0 Å². The number of morpholine rings is 1. The molecule has 0 spiro atoms. The Hall–Kier alpha value is -2.47. The van der Waals surface area contributed by atoms with E-state index in [0.29, 0.717) is 18.9 Å². The molecule has 2 aromatic rings. The number of hydrogen-bond acceptors (Lipinski definition) is 3. The molecule has 1 aliphatic heterocycles.